The van der Waals surface area contributed by atoms with Crippen LogP contribution in [0.15, 0.2) is 48.5 Å². The van der Waals surface area contributed by atoms with Crippen molar-refractivity contribution in [2.24, 2.45) is 11.3 Å². The zero-order valence-electron chi connectivity index (χ0n) is 38.5. The van der Waals surface area contributed by atoms with E-state index in [4.69, 9.17) is 0 Å². The second kappa shape index (κ2) is 25.9. The third-order valence-electron chi connectivity index (χ3n) is 10.3. The Kier molecular flexibility index (Phi) is 21.8. The summed E-state index contributed by atoms with van der Waals surface area (Å²) in [4.78, 5) is 130. The number of carboxylic acid groups (broad SMARTS) is 2. The summed E-state index contributed by atoms with van der Waals surface area (Å²) in [5.41, 5.74) is 1.30. The number of rotatable bonds is 26. The molecule has 2 aromatic carbocycles. The molecule has 0 aliphatic heterocycles. The van der Waals surface area contributed by atoms with E-state index in [9.17, 15) is 71.3 Å². The van der Waals surface area contributed by atoms with Gasteiger partial charge in [0, 0.05) is 31.2 Å². The van der Waals surface area contributed by atoms with Gasteiger partial charge in [-0.05, 0) is 49.1 Å². The minimum Gasteiger partial charge on any atom is -0.481 e. The molecule has 2 aromatic rings. The van der Waals surface area contributed by atoms with Gasteiger partial charge in [0.25, 0.3) is 0 Å². The van der Waals surface area contributed by atoms with Gasteiger partial charge in [-0.1, -0.05) is 88.7 Å². The standard InChI is InChI=1S/C46H61F3N6O12/c1-25(2)20-32(41(64)50-30(24-56)23-46(47,48)49)54-44(67)39(45(5,6)7)55-43(66)33(21-29-11-9-8-10-27(29)4)53-40(63)31(16-19-37(59)60)52-42(65)34(22-38(61)62)51-36(58)18-17-35(57)28-14-12-26(3)13-15-28/h8-15,24-25,30-34,39H,16-23H2,1-7H3,(H,50,64)(H,51,58)(H,52,65)(H,53,63)(H,54,67)(H,55,66)(H,59,60)(H,61,62)/t30?,31-,32-,33-,34-,39+/m0/s1. The van der Waals surface area contributed by atoms with Crippen LogP contribution >= 0.6 is 0 Å². The van der Waals surface area contributed by atoms with Gasteiger partial charge in [-0.15, -0.1) is 0 Å². The number of carboxylic acids is 2. The van der Waals surface area contributed by atoms with Crippen molar-refractivity contribution >= 4 is 59.5 Å². The second-order valence-electron chi connectivity index (χ2n) is 17.8. The molecule has 0 aliphatic carbocycles. The highest BCUT2D eigenvalue weighted by Gasteiger charge is 2.39. The Balaban J connectivity index is 2.43. The maximum absolute atomic E-state index is 14.3. The number of hydrogen-bond acceptors (Lipinski definition) is 10. The monoisotopic (exact) mass is 946 g/mol. The van der Waals surface area contributed by atoms with Crippen LogP contribution in [0.4, 0.5) is 13.2 Å². The number of amides is 6. The molecule has 0 heterocycles. The first-order valence-corrected chi connectivity index (χ1v) is 21.5. The number of aliphatic carboxylic acids is 2. The molecule has 18 nitrogen and oxygen atoms in total. The predicted molar refractivity (Wildman–Crippen MR) is 236 cm³/mol. The van der Waals surface area contributed by atoms with Crippen LogP contribution in [0.5, 0.6) is 0 Å². The second-order valence-corrected chi connectivity index (χ2v) is 17.8. The summed E-state index contributed by atoms with van der Waals surface area (Å²) in [6, 6.07) is 3.30. The van der Waals surface area contributed by atoms with E-state index in [1.807, 2.05) is 12.2 Å². The van der Waals surface area contributed by atoms with Crippen molar-refractivity contribution in [3.63, 3.8) is 0 Å². The van der Waals surface area contributed by atoms with Crippen molar-refractivity contribution in [2.45, 2.75) is 142 Å². The Hall–Kier alpha value is -6.67. The SMILES string of the molecule is Cc1ccc(C(=O)CCC(=O)N[C@@H](CC(=O)O)C(=O)N[C@@H](CCC(=O)O)C(=O)N[C@@H](Cc2ccccc2C)C(=O)N[C@H](C(=O)N[C@@H](CC(C)C)C(=O)NC(C=O)CC(F)(F)F)C(C)(C)C)cc1. The lowest BCUT2D eigenvalue weighted by atomic mass is 9.85. The van der Waals surface area contributed by atoms with E-state index < -0.39 is 133 Å². The van der Waals surface area contributed by atoms with Crippen LogP contribution in [0.3, 0.4) is 0 Å². The van der Waals surface area contributed by atoms with Gasteiger partial charge in [0.2, 0.25) is 35.4 Å². The number of nitrogens with one attached hydrogen (secondary N) is 6. The fourth-order valence-corrected chi connectivity index (χ4v) is 6.65. The van der Waals surface area contributed by atoms with Crippen molar-refractivity contribution in [1.29, 1.82) is 0 Å². The Morgan fingerprint density at radius 1 is 0.642 bits per heavy atom. The van der Waals surface area contributed by atoms with Gasteiger partial charge >= 0.3 is 18.1 Å². The van der Waals surface area contributed by atoms with Crippen molar-refractivity contribution < 1.29 is 71.3 Å². The lowest BCUT2D eigenvalue weighted by Crippen LogP contribution is -2.62. The van der Waals surface area contributed by atoms with Gasteiger partial charge in [-0.3, -0.25) is 43.2 Å². The molecule has 0 aromatic heterocycles. The highest BCUT2D eigenvalue weighted by Crippen LogP contribution is 2.23. The molecule has 21 heteroatoms. The molecule has 67 heavy (non-hydrogen) atoms. The van der Waals surface area contributed by atoms with Gasteiger partial charge in [-0.2, -0.15) is 13.2 Å². The van der Waals surface area contributed by atoms with Crippen LogP contribution in [0.1, 0.15) is 107 Å². The molecule has 0 spiro atoms. The quantitative estimate of drug-likeness (QED) is 0.0499. The van der Waals surface area contributed by atoms with Crippen LogP contribution in [-0.2, 0) is 49.6 Å². The van der Waals surface area contributed by atoms with E-state index >= 15 is 0 Å². The average molecular weight is 947 g/mol. The van der Waals surface area contributed by atoms with Crippen LogP contribution < -0.4 is 31.9 Å². The number of carbonyl (C=O) groups is 10. The molecule has 0 saturated carbocycles. The van der Waals surface area contributed by atoms with Crippen molar-refractivity contribution in [1.82, 2.24) is 31.9 Å². The fraction of sp³-hybridized carbons (Fsp3) is 0.522. The largest absolute Gasteiger partial charge is 0.481 e. The molecule has 0 saturated heterocycles. The number of carbonyl (C=O) groups excluding carboxylic acids is 8. The van der Waals surface area contributed by atoms with Gasteiger partial charge in [0.1, 0.15) is 36.5 Å². The summed E-state index contributed by atoms with van der Waals surface area (Å²) in [5.74, 6) is -9.79. The Morgan fingerprint density at radius 2 is 1.19 bits per heavy atom. The van der Waals surface area contributed by atoms with Gasteiger partial charge in [0.15, 0.2) is 5.78 Å². The minimum absolute atomic E-state index is 0.0789. The van der Waals surface area contributed by atoms with Crippen molar-refractivity contribution in [2.75, 3.05) is 0 Å². The third-order valence-corrected chi connectivity index (χ3v) is 10.3. The molecule has 0 fully saturated rings. The molecular formula is C46H61F3N6O12. The van der Waals surface area contributed by atoms with Crippen LogP contribution in [0.25, 0.3) is 0 Å². The highest BCUT2D eigenvalue weighted by atomic mass is 19.4. The van der Waals surface area contributed by atoms with E-state index in [1.165, 1.54) is 0 Å². The molecule has 0 radical (unpaired) electrons. The first-order chi connectivity index (χ1) is 31.1. The number of aldehydes is 1. The van der Waals surface area contributed by atoms with Gasteiger partial charge in [0.05, 0.1) is 18.9 Å². The summed E-state index contributed by atoms with van der Waals surface area (Å²) >= 11 is 0. The number of benzene rings is 2. The molecule has 6 atom stereocenters. The molecule has 0 bridgehead atoms. The summed E-state index contributed by atoms with van der Waals surface area (Å²) in [6.45, 7) is 11.6. The molecule has 0 aliphatic rings. The van der Waals surface area contributed by atoms with Crippen LogP contribution in [-0.4, -0.2) is 112 Å². The third kappa shape index (κ3) is 20.6. The van der Waals surface area contributed by atoms with E-state index in [2.05, 4.69) is 26.6 Å². The van der Waals surface area contributed by atoms with E-state index in [1.54, 1.807) is 90.1 Å². The normalized spacial score (nSPS) is 14.2. The smallest absolute Gasteiger partial charge is 0.391 e. The van der Waals surface area contributed by atoms with E-state index in [0.29, 0.717) is 16.7 Å². The van der Waals surface area contributed by atoms with Crippen LogP contribution in [0.2, 0.25) is 0 Å². The predicted octanol–water partition coefficient (Wildman–Crippen LogP) is 3.00. The molecule has 6 amide bonds. The number of alkyl halides is 3. The average Bonchev–Trinajstić information content (AvgIpc) is 3.21. The Bertz CT molecular complexity index is 2110. The number of aryl methyl sites for hydroxylation is 2. The fourth-order valence-electron chi connectivity index (χ4n) is 6.65. The van der Waals surface area contributed by atoms with Gasteiger partial charge in [-0.25, -0.2) is 0 Å². The lowest BCUT2D eigenvalue weighted by Gasteiger charge is -2.34. The summed E-state index contributed by atoms with van der Waals surface area (Å²) < 4.78 is 39.2. The summed E-state index contributed by atoms with van der Waals surface area (Å²) in [7, 11) is 0. The lowest BCUT2D eigenvalue weighted by molar-refractivity contribution is -0.147. The van der Waals surface area contributed by atoms with Crippen molar-refractivity contribution in [3.05, 3.63) is 70.8 Å². The van der Waals surface area contributed by atoms with E-state index in [0.717, 1.165) is 5.56 Å². The number of Topliss-reactive ketones (excluding diaryl/α,β-unsaturated/α-hetero) is 1. The summed E-state index contributed by atoms with van der Waals surface area (Å²) in [6.07, 6.45) is -9.82. The zero-order chi connectivity index (χ0) is 50.8. The minimum atomic E-state index is -4.80. The van der Waals surface area contributed by atoms with Gasteiger partial charge < -0.3 is 46.9 Å². The van der Waals surface area contributed by atoms with Crippen LogP contribution in [0, 0.1) is 25.2 Å². The first-order valence-electron chi connectivity index (χ1n) is 21.5. The Morgan fingerprint density at radius 3 is 1.73 bits per heavy atom. The highest BCUT2D eigenvalue weighted by molar-refractivity contribution is 6.00. The molecule has 8 N–H and O–H groups in total. The summed E-state index contributed by atoms with van der Waals surface area (Å²) in [5, 5.41) is 33.2. The molecule has 368 valence electrons. The molecular weight excluding hydrogens is 886 g/mol. The Labute approximate surface area is 386 Å². The maximum Gasteiger partial charge on any atom is 0.391 e. The maximum atomic E-state index is 14.3. The van der Waals surface area contributed by atoms with E-state index in [-0.39, 0.29) is 31.5 Å². The molecule has 2 rings (SSSR count). The number of ketones is 1. The topological polar surface area (TPSA) is 283 Å². The number of hydrogen-bond donors (Lipinski definition) is 8. The first kappa shape index (κ1) is 56.5. The number of halogens is 3. The van der Waals surface area contributed by atoms with Crippen molar-refractivity contribution in [3.8, 4) is 0 Å². The zero-order valence-corrected chi connectivity index (χ0v) is 38.5. The molecule has 1 unspecified atom stereocenters.